The van der Waals surface area contributed by atoms with Crippen molar-refractivity contribution < 1.29 is 25.5 Å². The van der Waals surface area contributed by atoms with E-state index in [9.17, 15) is 25.5 Å². The lowest BCUT2D eigenvalue weighted by Gasteiger charge is -2.70. The summed E-state index contributed by atoms with van der Waals surface area (Å²) < 4.78 is 0. The van der Waals surface area contributed by atoms with Gasteiger partial charge in [-0.25, -0.2) is 0 Å². The van der Waals surface area contributed by atoms with Crippen molar-refractivity contribution in [3.8, 4) is 0 Å². The predicted octanol–water partition coefficient (Wildman–Crippen LogP) is 4.67. The first kappa shape index (κ1) is 27.8. The van der Waals surface area contributed by atoms with Gasteiger partial charge in [0.15, 0.2) is 0 Å². The SMILES string of the molecule is CC(C)(O)[C@H](O)CC[C@](C)(O)[C@H]1CC[C@]2(C)[C@@H]1[C@H](O)C[C@@H]1[C@@]3(C)CC[C@H](O)C(C)(C)[C@@H]3CC[C@]12C. The fraction of sp³-hybridized carbons (Fsp3) is 1.00. The lowest BCUT2D eigenvalue weighted by molar-refractivity contribution is -0.246. The molecule has 4 aliphatic carbocycles. The first-order valence-electron chi connectivity index (χ1n) is 14.3. The van der Waals surface area contributed by atoms with E-state index in [2.05, 4.69) is 34.6 Å². The lowest BCUT2D eigenvalue weighted by atomic mass is 9.35. The van der Waals surface area contributed by atoms with Crippen molar-refractivity contribution in [2.45, 2.75) is 143 Å². The molecular formula is C30H54O5. The summed E-state index contributed by atoms with van der Waals surface area (Å²) in [6, 6.07) is 0. The molecule has 0 aromatic carbocycles. The number of rotatable bonds is 5. The maximum atomic E-state index is 11.8. The number of hydrogen-bond acceptors (Lipinski definition) is 5. The van der Waals surface area contributed by atoms with Crippen LogP contribution in [0.2, 0.25) is 0 Å². The highest BCUT2D eigenvalue weighted by Gasteiger charge is 2.71. The Labute approximate surface area is 213 Å². The summed E-state index contributed by atoms with van der Waals surface area (Å²) >= 11 is 0. The normalized spacial score (nSPS) is 50.0. The molecule has 0 unspecified atom stereocenters. The number of aliphatic hydroxyl groups is 5. The van der Waals surface area contributed by atoms with Crippen molar-refractivity contribution in [3.63, 3.8) is 0 Å². The standard InChI is InChI=1S/C30H54O5/c1-25(2)20-10-15-28(6)21(27(20,5)13-11-22(25)32)17-19(31)24-18(9-14-29(24,28)7)30(8,35)16-12-23(33)26(3,4)34/h18-24,31-35H,9-17H2,1-8H3/t18-,19+,20-,21+,22-,23+,24-,27-,28+,29+,30-/m0/s1. The highest BCUT2D eigenvalue weighted by molar-refractivity contribution is 5.20. The Morgan fingerprint density at radius 2 is 1.43 bits per heavy atom. The molecule has 4 rings (SSSR count). The van der Waals surface area contributed by atoms with Gasteiger partial charge in [-0.1, -0.05) is 34.6 Å². The highest BCUT2D eigenvalue weighted by Crippen LogP contribution is 2.75. The van der Waals surface area contributed by atoms with Gasteiger partial charge in [0.05, 0.1) is 29.5 Å². The van der Waals surface area contributed by atoms with Crippen LogP contribution in [0.5, 0.6) is 0 Å². The molecule has 0 spiro atoms. The van der Waals surface area contributed by atoms with Gasteiger partial charge in [-0.15, -0.1) is 0 Å². The Hall–Kier alpha value is -0.200. The van der Waals surface area contributed by atoms with Crippen molar-refractivity contribution >= 4 is 0 Å². The van der Waals surface area contributed by atoms with Gasteiger partial charge in [0.25, 0.3) is 0 Å². The van der Waals surface area contributed by atoms with Crippen molar-refractivity contribution in [2.24, 2.45) is 45.3 Å². The number of fused-ring (bicyclic) bond motifs is 5. The van der Waals surface area contributed by atoms with Crippen LogP contribution in [0.3, 0.4) is 0 Å². The van der Waals surface area contributed by atoms with E-state index in [1.54, 1.807) is 13.8 Å². The zero-order valence-corrected chi connectivity index (χ0v) is 23.6. The van der Waals surface area contributed by atoms with Gasteiger partial charge in [-0.3, -0.25) is 0 Å². The molecule has 35 heavy (non-hydrogen) atoms. The minimum absolute atomic E-state index is 0.0237. The quantitative estimate of drug-likeness (QED) is 0.382. The molecule has 11 atom stereocenters. The third-order valence-corrected chi connectivity index (χ3v) is 12.9. The molecule has 0 saturated heterocycles. The molecule has 0 aliphatic heterocycles. The summed E-state index contributed by atoms with van der Waals surface area (Å²) in [5.74, 6) is 0.857. The third kappa shape index (κ3) is 3.97. The smallest absolute Gasteiger partial charge is 0.0849 e. The van der Waals surface area contributed by atoms with Crippen LogP contribution in [0.4, 0.5) is 0 Å². The van der Waals surface area contributed by atoms with Crippen LogP contribution in [0.25, 0.3) is 0 Å². The van der Waals surface area contributed by atoms with Crippen LogP contribution in [-0.2, 0) is 0 Å². The summed E-state index contributed by atoms with van der Waals surface area (Å²) in [4.78, 5) is 0. The summed E-state index contributed by atoms with van der Waals surface area (Å²) in [7, 11) is 0. The summed E-state index contributed by atoms with van der Waals surface area (Å²) in [5.41, 5.74) is -2.19. The van der Waals surface area contributed by atoms with Gasteiger partial charge >= 0.3 is 0 Å². The topological polar surface area (TPSA) is 101 Å². The molecule has 5 N–H and O–H groups in total. The van der Waals surface area contributed by atoms with E-state index in [-0.39, 0.29) is 39.6 Å². The van der Waals surface area contributed by atoms with Crippen molar-refractivity contribution in [1.82, 2.24) is 0 Å². The van der Waals surface area contributed by atoms with Gasteiger partial charge in [0.1, 0.15) is 0 Å². The third-order valence-electron chi connectivity index (χ3n) is 12.9. The Morgan fingerprint density at radius 1 is 0.829 bits per heavy atom. The molecule has 4 fully saturated rings. The fourth-order valence-electron chi connectivity index (χ4n) is 10.4. The maximum Gasteiger partial charge on any atom is 0.0849 e. The average Bonchev–Trinajstić information content (AvgIpc) is 3.11. The van der Waals surface area contributed by atoms with E-state index in [4.69, 9.17) is 0 Å². The molecule has 0 radical (unpaired) electrons. The van der Waals surface area contributed by atoms with E-state index in [0.717, 1.165) is 44.9 Å². The predicted molar refractivity (Wildman–Crippen MR) is 139 cm³/mol. The van der Waals surface area contributed by atoms with Gasteiger partial charge in [-0.2, -0.15) is 0 Å². The molecule has 0 aromatic heterocycles. The van der Waals surface area contributed by atoms with Crippen LogP contribution in [-0.4, -0.2) is 55.0 Å². The largest absolute Gasteiger partial charge is 0.393 e. The van der Waals surface area contributed by atoms with E-state index in [1.807, 2.05) is 6.92 Å². The molecular weight excluding hydrogens is 440 g/mol. The second kappa shape index (κ2) is 8.40. The van der Waals surface area contributed by atoms with E-state index < -0.39 is 23.4 Å². The van der Waals surface area contributed by atoms with Crippen molar-refractivity contribution in [1.29, 1.82) is 0 Å². The van der Waals surface area contributed by atoms with E-state index in [1.165, 1.54) is 0 Å². The average molecular weight is 495 g/mol. The highest BCUT2D eigenvalue weighted by atomic mass is 16.3. The molecule has 204 valence electrons. The van der Waals surface area contributed by atoms with Crippen molar-refractivity contribution in [3.05, 3.63) is 0 Å². The van der Waals surface area contributed by atoms with Gasteiger partial charge in [-0.05, 0) is 124 Å². The van der Waals surface area contributed by atoms with Gasteiger partial charge < -0.3 is 25.5 Å². The summed E-state index contributed by atoms with van der Waals surface area (Å²) in [6.45, 7) is 16.9. The molecule has 0 amide bonds. The molecule has 5 heteroatoms. The second-order valence-electron chi connectivity index (χ2n) is 15.4. The van der Waals surface area contributed by atoms with E-state index in [0.29, 0.717) is 24.7 Å². The van der Waals surface area contributed by atoms with Crippen LogP contribution in [0, 0.1) is 45.3 Å². The zero-order valence-electron chi connectivity index (χ0n) is 23.6. The molecule has 4 aliphatic rings. The molecule has 0 heterocycles. The first-order valence-corrected chi connectivity index (χ1v) is 14.3. The van der Waals surface area contributed by atoms with Crippen LogP contribution in [0.1, 0.15) is 113 Å². The summed E-state index contributed by atoms with van der Waals surface area (Å²) in [5, 5.41) is 54.9. The van der Waals surface area contributed by atoms with E-state index >= 15 is 0 Å². The molecule has 5 nitrogen and oxygen atoms in total. The molecule has 0 bridgehead atoms. The first-order chi connectivity index (χ1) is 15.8. The van der Waals surface area contributed by atoms with Crippen LogP contribution < -0.4 is 0 Å². The minimum Gasteiger partial charge on any atom is -0.393 e. The lowest BCUT2D eigenvalue weighted by Crippen LogP contribution is -2.66. The second-order valence-corrected chi connectivity index (χ2v) is 15.4. The Kier molecular flexibility index (Phi) is 6.68. The fourth-order valence-corrected chi connectivity index (χ4v) is 10.4. The maximum absolute atomic E-state index is 11.8. The van der Waals surface area contributed by atoms with Crippen molar-refractivity contribution in [2.75, 3.05) is 0 Å². The van der Waals surface area contributed by atoms with Crippen LogP contribution >= 0.6 is 0 Å². The molecule has 0 aromatic rings. The van der Waals surface area contributed by atoms with Gasteiger partial charge in [0.2, 0.25) is 0 Å². The van der Waals surface area contributed by atoms with Gasteiger partial charge in [0, 0.05) is 0 Å². The Morgan fingerprint density at radius 3 is 2.03 bits per heavy atom. The summed E-state index contributed by atoms with van der Waals surface area (Å²) in [6.07, 6.45) is 5.89. The Balaban J connectivity index is 1.63. The molecule has 4 saturated carbocycles. The number of hydrogen-bond donors (Lipinski definition) is 5. The zero-order chi connectivity index (χ0) is 26.4. The monoisotopic (exact) mass is 494 g/mol. The van der Waals surface area contributed by atoms with Crippen LogP contribution in [0.15, 0.2) is 0 Å². The minimum atomic E-state index is -1.19. The Bertz CT molecular complexity index is 801. The number of aliphatic hydroxyl groups excluding tert-OH is 3.